The third-order valence-corrected chi connectivity index (χ3v) is 3.34. The molecule has 0 bridgehead atoms. The van der Waals surface area contributed by atoms with Crippen LogP contribution in [0.25, 0.3) is 6.08 Å². The number of nitrogens with one attached hydrogen (secondary N) is 1. The molecular weight excluding hydrogens is 306 g/mol. The number of carbonyl (C=O) groups excluding carboxylic acids is 1. The van der Waals surface area contributed by atoms with E-state index in [-0.39, 0.29) is 23.5 Å². The van der Waals surface area contributed by atoms with E-state index >= 15 is 0 Å². The average Bonchev–Trinajstić information content (AvgIpc) is 2.96. The Hall–Kier alpha value is -2.66. The Bertz CT molecular complexity index is 758. The summed E-state index contributed by atoms with van der Waals surface area (Å²) in [4.78, 5) is 11.9. The molecule has 0 saturated carbocycles. The molecule has 2 N–H and O–H groups in total. The molecular formula is C16H12ClNO4. The van der Waals surface area contributed by atoms with Crippen LogP contribution in [0.5, 0.6) is 17.2 Å². The van der Waals surface area contributed by atoms with Crippen LogP contribution in [0.4, 0.5) is 5.69 Å². The van der Waals surface area contributed by atoms with Crippen LogP contribution in [0.3, 0.4) is 0 Å². The molecule has 112 valence electrons. The van der Waals surface area contributed by atoms with Crippen molar-refractivity contribution in [3.63, 3.8) is 0 Å². The fourth-order valence-electron chi connectivity index (χ4n) is 1.96. The summed E-state index contributed by atoms with van der Waals surface area (Å²) >= 11 is 5.78. The number of amides is 1. The molecule has 0 saturated heterocycles. The molecule has 1 aliphatic rings. The number of benzene rings is 2. The lowest BCUT2D eigenvalue weighted by atomic mass is 10.2. The van der Waals surface area contributed by atoms with Crippen molar-refractivity contribution in [2.45, 2.75) is 0 Å². The van der Waals surface area contributed by atoms with Crippen molar-refractivity contribution in [1.82, 2.24) is 0 Å². The van der Waals surface area contributed by atoms with Crippen LogP contribution in [0.15, 0.2) is 42.5 Å². The topological polar surface area (TPSA) is 67.8 Å². The molecule has 5 nitrogen and oxygen atoms in total. The molecule has 2 aromatic rings. The highest BCUT2D eigenvalue weighted by molar-refractivity contribution is 6.32. The second-order valence-electron chi connectivity index (χ2n) is 4.60. The summed E-state index contributed by atoms with van der Waals surface area (Å²) in [7, 11) is 0. The third kappa shape index (κ3) is 3.15. The maximum absolute atomic E-state index is 11.9. The van der Waals surface area contributed by atoms with Crippen LogP contribution < -0.4 is 14.8 Å². The smallest absolute Gasteiger partial charge is 0.248 e. The number of phenolic OH excluding ortho intramolecular Hbond substituents is 1. The van der Waals surface area contributed by atoms with Crippen molar-refractivity contribution in [2.24, 2.45) is 0 Å². The summed E-state index contributed by atoms with van der Waals surface area (Å²) in [5, 5.41) is 12.2. The molecule has 0 atom stereocenters. The Morgan fingerprint density at radius 2 is 2.00 bits per heavy atom. The van der Waals surface area contributed by atoms with Crippen molar-refractivity contribution in [3.8, 4) is 17.2 Å². The number of aromatic hydroxyl groups is 1. The Labute approximate surface area is 131 Å². The molecule has 0 spiro atoms. The van der Waals surface area contributed by atoms with E-state index in [9.17, 15) is 9.90 Å². The first-order valence-electron chi connectivity index (χ1n) is 6.49. The minimum atomic E-state index is -0.306. The standard InChI is InChI=1S/C16H12ClNO4/c17-12-8-11(3-4-13(12)19)18-16(20)6-2-10-1-5-14-15(7-10)22-9-21-14/h1-8,19H,9H2,(H,18,20). The van der Waals surface area contributed by atoms with E-state index in [1.807, 2.05) is 6.07 Å². The first kappa shape index (κ1) is 14.3. The van der Waals surface area contributed by atoms with E-state index in [1.54, 1.807) is 24.3 Å². The van der Waals surface area contributed by atoms with Gasteiger partial charge in [-0.2, -0.15) is 0 Å². The van der Waals surface area contributed by atoms with E-state index in [0.29, 0.717) is 17.2 Å². The Balaban J connectivity index is 1.67. The predicted molar refractivity (Wildman–Crippen MR) is 83.3 cm³/mol. The van der Waals surface area contributed by atoms with Crippen LogP contribution in [-0.4, -0.2) is 17.8 Å². The predicted octanol–water partition coefficient (Wildman–Crippen LogP) is 3.43. The van der Waals surface area contributed by atoms with E-state index in [4.69, 9.17) is 21.1 Å². The molecule has 0 radical (unpaired) electrons. The summed E-state index contributed by atoms with van der Waals surface area (Å²) in [6.07, 6.45) is 3.07. The van der Waals surface area contributed by atoms with E-state index in [0.717, 1.165) is 5.56 Å². The monoisotopic (exact) mass is 317 g/mol. The van der Waals surface area contributed by atoms with E-state index in [1.165, 1.54) is 18.2 Å². The molecule has 1 aliphatic heterocycles. The number of hydrogen-bond donors (Lipinski definition) is 2. The van der Waals surface area contributed by atoms with Crippen molar-refractivity contribution in [1.29, 1.82) is 0 Å². The molecule has 0 fully saturated rings. The molecule has 1 heterocycles. The summed E-state index contributed by atoms with van der Waals surface area (Å²) < 4.78 is 10.5. The molecule has 0 unspecified atom stereocenters. The zero-order chi connectivity index (χ0) is 15.5. The lowest BCUT2D eigenvalue weighted by Gasteiger charge is -2.03. The zero-order valence-corrected chi connectivity index (χ0v) is 12.1. The summed E-state index contributed by atoms with van der Waals surface area (Å²) in [5.41, 5.74) is 1.33. The third-order valence-electron chi connectivity index (χ3n) is 3.04. The SMILES string of the molecule is O=C(C=Cc1ccc2c(c1)OCO2)Nc1ccc(O)c(Cl)c1. The van der Waals surface area contributed by atoms with Gasteiger partial charge in [0.25, 0.3) is 0 Å². The van der Waals surface area contributed by atoms with Crippen molar-refractivity contribution in [2.75, 3.05) is 12.1 Å². The molecule has 3 rings (SSSR count). The summed E-state index contributed by atoms with van der Waals surface area (Å²) in [6.45, 7) is 0.213. The van der Waals surface area contributed by atoms with E-state index in [2.05, 4.69) is 5.32 Å². The minimum absolute atomic E-state index is 0.0319. The Morgan fingerprint density at radius 3 is 2.82 bits per heavy atom. The first-order valence-corrected chi connectivity index (χ1v) is 6.87. The van der Waals surface area contributed by atoms with Gasteiger partial charge in [0.1, 0.15) is 5.75 Å². The maximum atomic E-state index is 11.9. The van der Waals surface area contributed by atoms with Gasteiger partial charge in [-0.25, -0.2) is 0 Å². The maximum Gasteiger partial charge on any atom is 0.248 e. The molecule has 0 aliphatic carbocycles. The number of halogens is 1. The van der Waals surface area contributed by atoms with Crippen LogP contribution >= 0.6 is 11.6 Å². The van der Waals surface area contributed by atoms with Crippen molar-refractivity contribution < 1.29 is 19.4 Å². The normalized spacial score (nSPS) is 12.6. The summed E-state index contributed by atoms with van der Waals surface area (Å²) in [6, 6.07) is 9.87. The van der Waals surface area contributed by atoms with Crippen LogP contribution in [-0.2, 0) is 4.79 Å². The van der Waals surface area contributed by atoms with Crippen molar-refractivity contribution in [3.05, 3.63) is 53.1 Å². The molecule has 2 aromatic carbocycles. The van der Waals surface area contributed by atoms with Crippen LogP contribution in [0.1, 0.15) is 5.56 Å². The number of ether oxygens (including phenoxy) is 2. The number of fused-ring (bicyclic) bond motifs is 1. The van der Waals surface area contributed by atoms with Gasteiger partial charge in [-0.1, -0.05) is 17.7 Å². The first-order chi connectivity index (χ1) is 10.6. The number of hydrogen-bond acceptors (Lipinski definition) is 4. The quantitative estimate of drug-likeness (QED) is 0.672. The zero-order valence-electron chi connectivity index (χ0n) is 11.4. The van der Waals surface area contributed by atoms with Crippen molar-refractivity contribution >= 4 is 29.3 Å². The highest BCUT2D eigenvalue weighted by atomic mass is 35.5. The lowest BCUT2D eigenvalue weighted by Crippen LogP contribution is -2.07. The lowest BCUT2D eigenvalue weighted by molar-refractivity contribution is -0.111. The van der Waals surface area contributed by atoms with E-state index < -0.39 is 0 Å². The number of anilines is 1. The largest absolute Gasteiger partial charge is 0.506 e. The van der Waals surface area contributed by atoms with Gasteiger partial charge < -0.3 is 19.9 Å². The van der Waals surface area contributed by atoms with Gasteiger partial charge in [-0.05, 0) is 42.0 Å². The second kappa shape index (κ2) is 5.99. The minimum Gasteiger partial charge on any atom is -0.506 e. The average molecular weight is 318 g/mol. The molecule has 22 heavy (non-hydrogen) atoms. The van der Waals surface area contributed by atoms with Gasteiger partial charge in [0.15, 0.2) is 11.5 Å². The fraction of sp³-hybridized carbons (Fsp3) is 0.0625. The number of phenols is 1. The highest BCUT2D eigenvalue weighted by Crippen LogP contribution is 2.32. The highest BCUT2D eigenvalue weighted by Gasteiger charge is 2.12. The fourth-order valence-corrected chi connectivity index (χ4v) is 2.14. The van der Waals surface area contributed by atoms with Gasteiger partial charge in [0.05, 0.1) is 5.02 Å². The molecule has 6 heteroatoms. The molecule has 0 aromatic heterocycles. The van der Waals surface area contributed by atoms with Gasteiger partial charge in [0.2, 0.25) is 12.7 Å². The van der Waals surface area contributed by atoms with Gasteiger partial charge in [-0.15, -0.1) is 0 Å². The summed E-state index contributed by atoms with van der Waals surface area (Å²) in [5.74, 6) is 1.02. The van der Waals surface area contributed by atoms with Crippen LogP contribution in [0.2, 0.25) is 5.02 Å². The van der Waals surface area contributed by atoms with Crippen LogP contribution in [0, 0.1) is 0 Å². The Morgan fingerprint density at radius 1 is 1.18 bits per heavy atom. The van der Waals surface area contributed by atoms with Gasteiger partial charge in [0, 0.05) is 11.8 Å². The Kier molecular flexibility index (Phi) is 3.89. The second-order valence-corrected chi connectivity index (χ2v) is 5.01. The number of rotatable bonds is 3. The van der Waals surface area contributed by atoms with Gasteiger partial charge in [-0.3, -0.25) is 4.79 Å². The van der Waals surface area contributed by atoms with Gasteiger partial charge >= 0.3 is 0 Å². The molecule has 1 amide bonds. The number of carbonyl (C=O) groups is 1.